The number of aliphatic imine (C=N–C) groups is 1. The molecule has 42 heavy (non-hydrogen) atoms. The summed E-state index contributed by atoms with van der Waals surface area (Å²) < 4.78 is 15.1. The van der Waals surface area contributed by atoms with Gasteiger partial charge in [-0.1, -0.05) is 0 Å². The summed E-state index contributed by atoms with van der Waals surface area (Å²) in [6.45, 7) is 3.18. The topological polar surface area (TPSA) is 110 Å². The van der Waals surface area contributed by atoms with Crippen molar-refractivity contribution in [3.63, 3.8) is 0 Å². The maximum Gasteiger partial charge on any atom is 0.272 e. The van der Waals surface area contributed by atoms with E-state index < -0.39 is 0 Å². The predicted molar refractivity (Wildman–Crippen MR) is 162 cm³/mol. The summed E-state index contributed by atoms with van der Waals surface area (Å²) in [5.74, 6) is 0.859. The Labute approximate surface area is 246 Å². The van der Waals surface area contributed by atoms with Crippen LogP contribution in [0.15, 0.2) is 41.7 Å². The Kier molecular flexibility index (Phi) is 9.72. The summed E-state index contributed by atoms with van der Waals surface area (Å²) in [4.78, 5) is 44.5. The second-order valence-corrected chi connectivity index (χ2v) is 10.8. The van der Waals surface area contributed by atoms with Crippen LogP contribution in [0.4, 0.5) is 11.4 Å². The van der Waals surface area contributed by atoms with Crippen LogP contribution in [0.5, 0.6) is 11.5 Å². The summed E-state index contributed by atoms with van der Waals surface area (Å²) in [6, 6.07) is 7.34. The molecule has 0 aliphatic carbocycles. The van der Waals surface area contributed by atoms with Crippen LogP contribution in [0, 0.1) is 6.92 Å². The van der Waals surface area contributed by atoms with E-state index in [0.29, 0.717) is 35.2 Å². The van der Waals surface area contributed by atoms with Gasteiger partial charge in [0.05, 0.1) is 31.1 Å². The molecule has 1 aliphatic rings. The van der Waals surface area contributed by atoms with Crippen LogP contribution in [0.2, 0.25) is 0 Å². The van der Waals surface area contributed by atoms with Gasteiger partial charge in [-0.05, 0) is 61.9 Å². The molecule has 3 heterocycles. The number of nitrogens with one attached hydrogen (secondary N) is 1. The first-order valence-electron chi connectivity index (χ1n) is 14.0. The number of carbonyl (C=O) groups excluding carboxylic acids is 3. The average Bonchev–Trinajstić information content (AvgIpc) is 3.67. The molecule has 0 spiro atoms. The quantitative estimate of drug-likeness (QED) is 0.199. The first-order valence-corrected chi connectivity index (χ1v) is 14.0. The Balaban J connectivity index is 1.34. The van der Waals surface area contributed by atoms with Crippen LogP contribution in [0.1, 0.15) is 51.4 Å². The molecule has 1 N–H and O–H groups in total. The molecule has 4 rings (SSSR count). The smallest absolute Gasteiger partial charge is 0.272 e. The van der Waals surface area contributed by atoms with Crippen molar-refractivity contribution < 1.29 is 23.9 Å². The number of benzene rings is 1. The van der Waals surface area contributed by atoms with Crippen LogP contribution < -0.4 is 14.8 Å². The van der Waals surface area contributed by atoms with Gasteiger partial charge in [0.2, 0.25) is 6.41 Å². The highest BCUT2D eigenvalue weighted by Gasteiger charge is 2.21. The number of anilines is 1. The standard InChI is InChI=1S/C31H40N6O5/c1-21-13-28(41-6)29(16-25(21)32-17-24-10-7-11-37(24)20-38)42-12-8-9-22-14-26(35(4)18-22)30(39)33-23-15-27(36(5)19-23)31(40)34(2)3/h13-20,24H,7-12H2,1-6H3,(H,33,39)/b32-17-. The molecule has 1 fully saturated rings. The van der Waals surface area contributed by atoms with E-state index in [9.17, 15) is 14.4 Å². The van der Waals surface area contributed by atoms with Crippen LogP contribution in [0.25, 0.3) is 0 Å². The number of carbonyl (C=O) groups is 3. The molecule has 11 heteroatoms. The lowest BCUT2D eigenvalue weighted by molar-refractivity contribution is -0.117. The van der Waals surface area contributed by atoms with Gasteiger partial charge in [0.1, 0.15) is 11.4 Å². The minimum atomic E-state index is -0.249. The molecule has 2 aromatic heterocycles. The fraction of sp³-hybridized carbons (Fsp3) is 0.419. The molecule has 11 nitrogen and oxygen atoms in total. The predicted octanol–water partition coefficient (Wildman–Crippen LogP) is 3.97. The lowest BCUT2D eigenvalue weighted by atomic mass is 10.1. The van der Waals surface area contributed by atoms with Crippen molar-refractivity contribution in [3.05, 3.63) is 59.2 Å². The average molecular weight is 577 g/mol. The van der Waals surface area contributed by atoms with Crippen molar-refractivity contribution in [2.75, 3.05) is 39.7 Å². The van der Waals surface area contributed by atoms with Gasteiger partial charge >= 0.3 is 0 Å². The minimum Gasteiger partial charge on any atom is -0.493 e. The van der Waals surface area contributed by atoms with E-state index in [0.717, 1.165) is 55.5 Å². The molecule has 0 saturated carbocycles. The zero-order valence-electron chi connectivity index (χ0n) is 25.2. The number of methoxy groups -OCH3 is 1. The van der Waals surface area contributed by atoms with Gasteiger partial charge in [-0.2, -0.15) is 0 Å². The van der Waals surface area contributed by atoms with Crippen LogP contribution in [-0.2, 0) is 25.3 Å². The third kappa shape index (κ3) is 7.02. The minimum absolute atomic E-state index is 0.0173. The first-order chi connectivity index (χ1) is 20.1. The Morgan fingerprint density at radius 2 is 1.86 bits per heavy atom. The summed E-state index contributed by atoms with van der Waals surface area (Å²) in [7, 11) is 8.59. The van der Waals surface area contributed by atoms with E-state index in [1.165, 1.54) is 4.90 Å². The van der Waals surface area contributed by atoms with Crippen molar-refractivity contribution in [1.29, 1.82) is 0 Å². The van der Waals surface area contributed by atoms with E-state index >= 15 is 0 Å². The number of aromatic nitrogens is 2. The van der Waals surface area contributed by atoms with Crippen molar-refractivity contribution in [2.45, 2.75) is 38.6 Å². The number of hydrogen-bond acceptors (Lipinski definition) is 6. The van der Waals surface area contributed by atoms with Gasteiger partial charge in [0, 0.05) is 59.4 Å². The van der Waals surface area contributed by atoms with E-state index in [1.54, 1.807) is 54.6 Å². The zero-order chi connectivity index (χ0) is 30.4. The first kappa shape index (κ1) is 30.4. The van der Waals surface area contributed by atoms with Crippen molar-refractivity contribution in [2.24, 2.45) is 19.1 Å². The molecule has 3 aromatic rings. The van der Waals surface area contributed by atoms with E-state index in [1.807, 2.05) is 44.6 Å². The molecule has 1 aromatic carbocycles. The van der Waals surface area contributed by atoms with Crippen molar-refractivity contribution in [3.8, 4) is 11.5 Å². The highest BCUT2D eigenvalue weighted by Crippen LogP contribution is 2.35. The van der Waals surface area contributed by atoms with Crippen molar-refractivity contribution in [1.82, 2.24) is 18.9 Å². The third-order valence-electron chi connectivity index (χ3n) is 7.40. The fourth-order valence-corrected chi connectivity index (χ4v) is 5.06. The van der Waals surface area contributed by atoms with Gasteiger partial charge < -0.3 is 33.7 Å². The highest BCUT2D eigenvalue weighted by atomic mass is 16.5. The Hall–Kier alpha value is -4.54. The summed E-state index contributed by atoms with van der Waals surface area (Å²) in [5, 5.41) is 2.89. The van der Waals surface area contributed by atoms with Crippen LogP contribution >= 0.6 is 0 Å². The molecular formula is C31H40N6O5. The molecule has 1 atom stereocenters. The fourth-order valence-electron chi connectivity index (χ4n) is 5.06. The SMILES string of the molecule is COc1cc(C)c(/N=C\C2CCCN2C=O)cc1OCCCc1cc(C(=O)Nc2cc(C(=O)N(C)C)n(C)c2)n(C)c1. The monoisotopic (exact) mass is 576 g/mol. The molecular weight excluding hydrogens is 536 g/mol. The summed E-state index contributed by atoms with van der Waals surface area (Å²) in [6.07, 6.45) is 9.72. The van der Waals surface area contributed by atoms with E-state index in [-0.39, 0.29) is 17.9 Å². The van der Waals surface area contributed by atoms with Gasteiger partial charge in [0.25, 0.3) is 11.8 Å². The van der Waals surface area contributed by atoms with E-state index in [2.05, 4.69) is 10.3 Å². The Bertz CT molecular complexity index is 1470. The summed E-state index contributed by atoms with van der Waals surface area (Å²) >= 11 is 0. The van der Waals surface area contributed by atoms with Crippen LogP contribution in [-0.4, -0.2) is 83.8 Å². The van der Waals surface area contributed by atoms with E-state index in [4.69, 9.17) is 9.47 Å². The maximum atomic E-state index is 13.0. The van der Waals surface area contributed by atoms with Crippen LogP contribution in [0.3, 0.4) is 0 Å². The number of aryl methyl sites for hydroxylation is 4. The number of rotatable bonds is 12. The van der Waals surface area contributed by atoms with Gasteiger partial charge in [0.15, 0.2) is 11.5 Å². The third-order valence-corrected chi connectivity index (χ3v) is 7.40. The second-order valence-electron chi connectivity index (χ2n) is 10.8. The molecule has 1 aliphatic heterocycles. The number of ether oxygens (including phenoxy) is 2. The number of amides is 3. The largest absolute Gasteiger partial charge is 0.493 e. The molecule has 1 unspecified atom stereocenters. The highest BCUT2D eigenvalue weighted by molar-refractivity contribution is 6.04. The lowest BCUT2D eigenvalue weighted by Gasteiger charge is -2.16. The second kappa shape index (κ2) is 13.4. The maximum absolute atomic E-state index is 13.0. The molecule has 0 radical (unpaired) electrons. The molecule has 3 amide bonds. The number of nitrogens with zero attached hydrogens (tertiary/aromatic N) is 5. The van der Waals surface area contributed by atoms with Gasteiger partial charge in [-0.3, -0.25) is 19.4 Å². The molecule has 224 valence electrons. The molecule has 0 bridgehead atoms. The Morgan fingerprint density at radius 1 is 1.10 bits per heavy atom. The van der Waals surface area contributed by atoms with Gasteiger partial charge in [-0.15, -0.1) is 0 Å². The van der Waals surface area contributed by atoms with Gasteiger partial charge in [-0.25, -0.2) is 0 Å². The number of likely N-dealkylation sites (tertiary alicyclic amines) is 1. The zero-order valence-corrected chi connectivity index (χ0v) is 25.2. The lowest BCUT2D eigenvalue weighted by Crippen LogP contribution is -2.28. The Morgan fingerprint density at radius 3 is 2.57 bits per heavy atom. The van der Waals surface area contributed by atoms with Crippen molar-refractivity contribution >= 4 is 35.8 Å². The molecule has 1 saturated heterocycles. The summed E-state index contributed by atoms with van der Waals surface area (Å²) in [5.41, 5.74) is 4.32. The normalized spacial score (nSPS) is 14.8. The number of hydrogen-bond donors (Lipinski definition) is 1.